The van der Waals surface area contributed by atoms with E-state index < -0.39 is 5.97 Å². The van der Waals surface area contributed by atoms with E-state index >= 15 is 0 Å². The first-order chi connectivity index (χ1) is 9.51. The fourth-order valence-electron chi connectivity index (χ4n) is 1.60. The van der Waals surface area contributed by atoms with Gasteiger partial charge in [0, 0.05) is 0 Å². The van der Waals surface area contributed by atoms with Crippen molar-refractivity contribution in [2.45, 2.75) is 0 Å². The van der Waals surface area contributed by atoms with Crippen LogP contribution in [0, 0.1) is 0 Å². The fraction of sp³-hybridized carbons (Fsp3) is 0.154. The standard InChI is InChI=1S/C13H11NO4S2/c1-18-11(16)7-14-12(17)10(20-13(14)19)6-8-3-2-4-9(15)5-8/h2-6,15H,7H2,1H3. The number of hydrogen-bond donors (Lipinski definition) is 1. The van der Waals surface area contributed by atoms with Crippen molar-refractivity contribution in [2.24, 2.45) is 0 Å². The average molecular weight is 309 g/mol. The zero-order valence-electron chi connectivity index (χ0n) is 10.5. The summed E-state index contributed by atoms with van der Waals surface area (Å²) in [5.74, 6) is -0.752. The molecule has 1 aliphatic rings. The van der Waals surface area contributed by atoms with Gasteiger partial charge >= 0.3 is 5.97 Å². The molecule has 0 spiro atoms. The van der Waals surface area contributed by atoms with E-state index in [1.807, 2.05) is 0 Å². The third-order valence-corrected chi connectivity index (χ3v) is 3.93. The number of amides is 1. The Kier molecular flexibility index (Phi) is 4.41. The third-order valence-electron chi connectivity index (χ3n) is 2.56. The number of methoxy groups -OCH3 is 1. The molecule has 0 unspecified atom stereocenters. The molecule has 1 aliphatic heterocycles. The lowest BCUT2D eigenvalue weighted by atomic mass is 10.2. The van der Waals surface area contributed by atoms with E-state index in [4.69, 9.17) is 12.2 Å². The van der Waals surface area contributed by atoms with Gasteiger partial charge in [-0.2, -0.15) is 0 Å². The summed E-state index contributed by atoms with van der Waals surface area (Å²) in [6, 6.07) is 6.51. The van der Waals surface area contributed by atoms with Crippen molar-refractivity contribution in [1.82, 2.24) is 4.90 Å². The fourth-order valence-corrected chi connectivity index (χ4v) is 2.85. The molecule has 7 heteroatoms. The van der Waals surface area contributed by atoms with Gasteiger partial charge in [-0.05, 0) is 23.8 Å². The third kappa shape index (κ3) is 3.17. The first-order valence-electron chi connectivity index (χ1n) is 5.62. The molecule has 5 nitrogen and oxygen atoms in total. The van der Waals surface area contributed by atoms with Gasteiger partial charge in [-0.15, -0.1) is 0 Å². The monoisotopic (exact) mass is 309 g/mol. The largest absolute Gasteiger partial charge is 0.508 e. The van der Waals surface area contributed by atoms with Crippen LogP contribution in [-0.4, -0.2) is 39.9 Å². The topological polar surface area (TPSA) is 66.8 Å². The lowest BCUT2D eigenvalue weighted by Gasteiger charge is -2.11. The van der Waals surface area contributed by atoms with Crippen LogP contribution in [0.4, 0.5) is 0 Å². The van der Waals surface area contributed by atoms with Crippen molar-refractivity contribution in [3.8, 4) is 5.75 Å². The van der Waals surface area contributed by atoms with Crippen LogP contribution in [0.2, 0.25) is 0 Å². The summed E-state index contributed by atoms with van der Waals surface area (Å²) in [7, 11) is 1.25. The van der Waals surface area contributed by atoms with Crippen molar-refractivity contribution in [1.29, 1.82) is 0 Å². The highest BCUT2D eigenvalue weighted by atomic mass is 32.2. The molecule has 1 fully saturated rings. The van der Waals surface area contributed by atoms with Gasteiger partial charge in [0.25, 0.3) is 5.91 Å². The molecule has 0 saturated carbocycles. The molecule has 1 amide bonds. The number of hydrogen-bond acceptors (Lipinski definition) is 6. The highest BCUT2D eigenvalue weighted by molar-refractivity contribution is 8.26. The summed E-state index contributed by atoms with van der Waals surface area (Å²) in [4.78, 5) is 25.0. The van der Waals surface area contributed by atoms with E-state index in [0.29, 0.717) is 14.8 Å². The van der Waals surface area contributed by atoms with E-state index in [1.54, 1.807) is 24.3 Å². The van der Waals surface area contributed by atoms with E-state index in [1.165, 1.54) is 18.1 Å². The Bertz CT molecular complexity index is 612. The number of phenolic OH excluding ortho intramolecular Hbond substituents is 1. The minimum atomic E-state index is -0.528. The summed E-state index contributed by atoms with van der Waals surface area (Å²) in [5, 5.41) is 9.39. The molecule has 0 bridgehead atoms. The Labute approximate surface area is 125 Å². The van der Waals surface area contributed by atoms with Crippen LogP contribution in [0.25, 0.3) is 6.08 Å². The van der Waals surface area contributed by atoms with Crippen LogP contribution in [0.5, 0.6) is 5.75 Å². The zero-order chi connectivity index (χ0) is 14.7. The van der Waals surface area contributed by atoms with Crippen molar-refractivity contribution in [2.75, 3.05) is 13.7 Å². The van der Waals surface area contributed by atoms with Crippen molar-refractivity contribution in [3.63, 3.8) is 0 Å². The number of thiocarbonyl (C=S) groups is 1. The van der Waals surface area contributed by atoms with Gasteiger partial charge in [0.05, 0.1) is 12.0 Å². The molecule has 20 heavy (non-hydrogen) atoms. The molecule has 1 aromatic rings. The number of thioether (sulfide) groups is 1. The lowest BCUT2D eigenvalue weighted by Crippen LogP contribution is -2.33. The van der Waals surface area contributed by atoms with Gasteiger partial charge in [-0.1, -0.05) is 36.1 Å². The Morgan fingerprint density at radius 3 is 2.95 bits per heavy atom. The maximum Gasteiger partial charge on any atom is 0.325 e. The minimum Gasteiger partial charge on any atom is -0.508 e. The van der Waals surface area contributed by atoms with E-state index in [9.17, 15) is 14.7 Å². The number of carbonyl (C=O) groups is 2. The number of ether oxygens (including phenoxy) is 1. The summed E-state index contributed by atoms with van der Waals surface area (Å²) in [5.41, 5.74) is 0.684. The molecular formula is C13H11NO4S2. The van der Waals surface area contributed by atoms with Crippen LogP contribution in [0.3, 0.4) is 0 Å². The van der Waals surface area contributed by atoms with Crippen LogP contribution < -0.4 is 0 Å². The number of aromatic hydroxyl groups is 1. The molecule has 1 heterocycles. The van der Waals surface area contributed by atoms with Crippen molar-refractivity contribution < 1.29 is 19.4 Å². The maximum absolute atomic E-state index is 12.1. The lowest BCUT2D eigenvalue weighted by molar-refractivity contribution is -0.143. The van der Waals surface area contributed by atoms with Crippen LogP contribution >= 0.6 is 24.0 Å². The van der Waals surface area contributed by atoms with E-state index in [0.717, 1.165) is 11.8 Å². The van der Waals surface area contributed by atoms with Gasteiger partial charge in [-0.25, -0.2) is 0 Å². The zero-order valence-corrected chi connectivity index (χ0v) is 12.2. The summed E-state index contributed by atoms with van der Waals surface area (Å²) >= 11 is 6.19. The second-order valence-corrected chi connectivity index (χ2v) is 5.61. The second kappa shape index (κ2) is 6.06. The van der Waals surface area contributed by atoms with Crippen LogP contribution in [0.15, 0.2) is 29.2 Å². The normalized spacial score (nSPS) is 16.9. The number of carbonyl (C=O) groups excluding carboxylic acids is 2. The molecule has 1 saturated heterocycles. The summed E-state index contributed by atoms with van der Waals surface area (Å²) in [6.45, 7) is -0.196. The highest BCUT2D eigenvalue weighted by Crippen LogP contribution is 2.32. The van der Waals surface area contributed by atoms with Crippen LogP contribution in [-0.2, 0) is 14.3 Å². The number of nitrogens with zero attached hydrogens (tertiary/aromatic N) is 1. The average Bonchev–Trinajstić information content (AvgIpc) is 2.66. The smallest absolute Gasteiger partial charge is 0.325 e. The molecule has 104 valence electrons. The summed E-state index contributed by atoms with van der Waals surface area (Å²) in [6.07, 6.45) is 1.62. The SMILES string of the molecule is COC(=O)CN1C(=O)C(=Cc2cccc(O)c2)SC1=S. The molecule has 0 aromatic heterocycles. The minimum absolute atomic E-state index is 0.115. The van der Waals surface area contributed by atoms with E-state index in [2.05, 4.69) is 4.74 Å². The Morgan fingerprint density at radius 1 is 1.55 bits per heavy atom. The van der Waals surface area contributed by atoms with Gasteiger partial charge < -0.3 is 9.84 Å². The molecule has 1 aromatic carbocycles. The number of benzene rings is 1. The molecule has 0 aliphatic carbocycles. The van der Waals surface area contributed by atoms with Gasteiger partial charge in [0.15, 0.2) is 0 Å². The highest BCUT2D eigenvalue weighted by Gasteiger charge is 2.33. The number of phenols is 1. The van der Waals surface area contributed by atoms with Crippen molar-refractivity contribution in [3.05, 3.63) is 34.7 Å². The van der Waals surface area contributed by atoms with E-state index in [-0.39, 0.29) is 18.2 Å². The van der Waals surface area contributed by atoms with Gasteiger partial charge in [0.1, 0.15) is 16.6 Å². The van der Waals surface area contributed by atoms with Crippen LogP contribution in [0.1, 0.15) is 5.56 Å². The Morgan fingerprint density at radius 2 is 2.30 bits per heavy atom. The number of esters is 1. The number of rotatable bonds is 3. The first kappa shape index (κ1) is 14.5. The molecule has 0 radical (unpaired) electrons. The Balaban J connectivity index is 2.21. The molecule has 0 atom stereocenters. The second-order valence-electron chi connectivity index (χ2n) is 3.94. The van der Waals surface area contributed by atoms with Crippen molar-refractivity contribution >= 4 is 46.3 Å². The molecule has 1 N–H and O–H groups in total. The van der Waals surface area contributed by atoms with Gasteiger partial charge in [0.2, 0.25) is 0 Å². The molecular weight excluding hydrogens is 298 g/mol. The predicted molar refractivity (Wildman–Crippen MR) is 80.0 cm³/mol. The first-order valence-corrected chi connectivity index (χ1v) is 6.85. The molecule has 2 rings (SSSR count). The maximum atomic E-state index is 12.1. The predicted octanol–water partition coefficient (Wildman–Crippen LogP) is 1.77. The summed E-state index contributed by atoms with van der Waals surface area (Å²) < 4.78 is 4.84. The Hall–Kier alpha value is -1.86. The quantitative estimate of drug-likeness (QED) is 0.521. The van der Waals surface area contributed by atoms with Gasteiger partial charge in [-0.3, -0.25) is 14.5 Å².